The minimum Gasteiger partial charge on any atom is -0.381 e. The monoisotopic (exact) mass is 287 g/mol. The summed E-state index contributed by atoms with van der Waals surface area (Å²) in [4.78, 5) is 7.11. The summed E-state index contributed by atoms with van der Waals surface area (Å²) in [5, 5.41) is 3.70. The molecule has 0 unspecified atom stereocenters. The Morgan fingerprint density at radius 2 is 1.81 bits per heavy atom. The number of nitrogens with zero attached hydrogens (tertiary/aromatic N) is 2. The maximum atomic E-state index is 4.41. The van der Waals surface area contributed by atoms with Gasteiger partial charge in [0.05, 0.1) is 5.69 Å². The second kappa shape index (κ2) is 5.96. The number of aromatic nitrogens is 1. The topological polar surface area (TPSA) is 28.2 Å². The molecule has 0 aromatic carbocycles. The molecule has 3 rings (SSSR count). The molecule has 1 aliphatic heterocycles. The first-order valence-corrected chi connectivity index (χ1v) is 8.48. The number of rotatable bonds is 3. The molecule has 1 aromatic rings. The maximum absolute atomic E-state index is 4.41. The van der Waals surface area contributed by atoms with Crippen LogP contribution in [-0.2, 0) is 5.41 Å². The van der Waals surface area contributed by atoms with Gasteiger partial charge >= 0.3 is 0 Å². The van der Waals surface area contributed by atoms with Crippen LogP contribution in [-0.4, -0.2) is 35.1 Å². The van der Waals surface area contributed by atoms with Gasteiger partial charge < -0.3 is 10.2 Å². The van der Waals surface area contributed by atoms with Crippen LogP contribution in [0.25, 0.3) is 0 Å². The van der Waals surface area contributed by atoms with E-state index in [1.165, 1.54) is 56.4 Å². The number of anilines is 1. The molecule has 0 amide bonds. The zero-order chi connectivity index (χ0) is 14.9. The summed E-state index contributed by atoms with van der Waals surface area (Å²) in [5.41, 5.74) is 2.65. The summed E-state index contributed by atoms with van der Waals surface area (Å²) >= 11 is 0. The van der Waals surface area contributed by atoms with Crippen LogP contribution in [0.4, 0.5) is 5.69 Å². The molecule has 0 atom stereocenters. The third-order valence-corrected chi connectivity index (χ3v) is 5.10. The van der Waals surface area contributed by atoms with E-state index in [1.807, 2.05) is 12.4 Å². The number of hydrogen-bond donors (Lipinski definition) is 1. The number of hydrogen-bond acceptors (Lipinski definition) is 3. The molecule has 116 valence electrons. The zero-order valence-corrected chi connectivity index (χ0v) is 13.7. The van der Waals surface area contributed by atoms with Gasteiger partial charge in [-0.1, -0.05) is 27.2 Å². The number of pyridine rings is 1. The van der Waals surface area contributed by atoms with E-state index in [0.29, 0.717) is 6.04 Å². The van der Waals surface area contributed by atoms with Crippen LogP contribution in [0.1, 0.15) is 58.4 Å². The molecule has 2 aliphatic rings. The first-order chi connectivity index (χ1) is 10.0. The van der Waals surface area contributed by atoms with Gasteiger partial charge in [-0.3, -0.25) is 4.98 Å². The van der Waals surface area contributed by atoms with Crippen LogP contribution in [0.3, 0.4) is 0 Å². The molecule has 1 saturated heterocycles. The van der Waals surface area contributed by atoms with Gasteiger partial charge in [0.15, 0.2) is 0 Å². The summed E-state index contributed by atoms with van der Waals surface area (Å²) in [6.07, 6.45) is 10.8. The Balaban J connectivity index is 1.55. The summed E-state index contributed by atoms with van der Waals surface area (Å²) in [5.74, 6) is 0. The molecule has 0 bridgehead atoms. The molecule has 0 radical (unpaired) electrons. The van der Waals surface area contributed by atoms with Crippen molar-refractivity contribution in [2.45, 2.75) is 70.4 Å². The molecule has 1 saturated carbocycles. The fourth-order valence-electron chi connectivity index (χ4n) is 3.33. The van der Waals surface area contributed by atoms with Gasteiger partial charge in [-0.25, -0.2) is 0 Å². The van der Waals surface area contributed by atoms with Gasteiger partial charge in [0, 0.05) is 37.6 Å². The van der Waals surface area contributed by atoms with Crippen LogP contribution in [0.15, 0.2) is 18.5 Å². The largest absolute Gasteiger partial charge is 0.381 e. The lowest BCUT2D eigenvalue weighted by molar-refractivity contribution is 0.101. The lowest BCUT2D eigenvalue weighted by Gasteiger charge is -2.42. The van der Waals surface area contributed by atoms with Crippen molar-refractivity contribution in [3.63, 3.8) is 0 Å². The van der Waals surface area contributed by atoms with Crippen LogP contribution < -0.4 is 5.32 Å². The van der Waals surface area contributed by atoms with Crippen molar-refractivity contribution >= 4 is 5.69 Å². The summed E-state index contributed by atoms with van der Waals surface area (Å²) < 4.78 is 0. The van der Waals surface area contributed by atoms with Gasteiger partial charge in [0.2, 0.25) is 0 Å². The highest BCUT2D eigenvalue weighted by Crippen LogP contribution is 2.29. The number of likely N-dealkylation sites (tertiary alicyclic amines) is 1. The Labute approximate surface area is 129 Å². The second-order valence-electron chi connectivity index (χ2n) is 7.75. The van der Waals surface area contributed by atoms with E-state index in [-0.39, 0.29) is 5.41 Å². The number of nitrogens with one attached hydrogen (secondary N) is 1. The summed E-state index contributed by atoms with van der Waals surface area (Å²) in [6, 6.07) is 3.78. The van der Waals surface area contributed by atoms with Crippen molar-refractivity contribution in [1.29, 1.82) is 0 Å². The van der Waals surface area contributed by atoms with E-state index in [4.69, 9.17) is 0 Å². The van der Waals surface area contributed by atoms with Crippen molar-refractivity contribution < 1.29 is 0 Å². The van der Waals surface area contributed by atoms with E-state index >= 15 is 0 Å². The van der Waals surface area contributed by atoms with Crippen molar-refractivity contribution in [3.05, 3.63) is 24.0 Å². The predicted octanol–water partition coefficient (Wildman–Crippen LogP) is 3.81. The van der Waals surface area contributed by atoms with E-state index in [0.717, 1.165) is 6.04 Å². The van der Waals surface area contributed by atoms with Gasteiger partial charge in [-0.2, -0.15) is 0 Å². The Morgan fingerprint density at radius 1 is 1.10 bits per heavy atom. The quantitative estimate of drug-likeness (QED) is 0.916. The molecule has 21 heavy (non-hydrogen) atoms. The first-order valence-electron chi connectivity index (χ1n) is 8.48. The van der Waals surface area contributed by atoms with Gasteiger partial charge in [-0.15, -0.1) is 0 Å². The van der Waals surface area contributed by atoms with Crippen molar-refractivity contribution in [2.24, 2.45) is 0 Å². The highest BCUT2D eigenvalue weighted by atomic mass is 15.2. The molecule has 1 N–H and O–H groups in total. The van der Waals surface area contributed by atoms with Crippen LogP contribution in [0.5, 0.6) is 0 Å². The highest BCUT2D eigenvalue weighted by Gasteiger charge is 2.28. The van der Waals surface area contributed by atoms with Gasteiger partial charge in [0.1, 0.15) is 0 Å². The molecule has 0 spiro atoms. The average Bonchev–Trinajstić information content (AvgIpc) is 2.38. The summed E-state index contributed by atoms with van der Waals surface area (Å²) in [6.45, 7) is 9.24. The Kier molecular flexibility index (Phi) is 4.21. The molecule has 3 heteroatoms. The normalized spacial score (nSPS) is 22.0. The van der Waals surface area contributed by atoms with Crippen molar-refractivity contribution in [2.75, 3.05) is 18.4 Å². The molecule has 2 fully saturated rings. The average molecular weight is 287 g/mol. The van der Waals surface area contributed by atoms with Crippen LogP contribution in [0.2, 0.25) is 0 Å². The van der Waals surface area contributed by atoms with Crippen LogP contribution in [0, 0.1) is 0 Å². The Morgan fingerprint density at radius 3 is 2.38 bits per heavy atom. The fraction of sp³-hybridized carbons (Fsp3) is 0.722. The maximum Gasteiger partial charge on any atom is 0.0531 e. The van der Waals surface area contributed by atoms with E-state index in [9.17, 15) is 0 Å². The first kappa shape index (κ1) is 14.8. The lowest BCUT2D eigenvalue weighted by atomic mass is 9.88. The minimum absolute atomic E-state index is 0.165. The standard InChI is InChI=1S/C18H29N3/c1-18(2,3)14-11-16(13-19-12-14)20-15-7-9-21(10-8-15)17-5-4-6-17/h11-13,15,17,20H,4-10H2,1-3H3. The van der Waals surface area contributed by atoms with E-state index in [2.05, 4.69) is 42.0 Å². The van der Waals surface area contributed by atoms with E-state index < -0.39 is 0 Å². The molecular weight excluding hydrogens is 258 g/mol. The van der Waals surface area contributed by atoms with Gasteiger partial charge in [0.25, 0.3) is 0 Å². The van der Waals surface area contributed by atoms with Crippen LogP contribution >= 0.6 is 0 Å². The predicted molar refractivity (Wildman–Crippen MR) is 88.8 cm³/mol. The third-order valence-electron chi connectivity index (χ3n) is 5.10. The zero-order valence-electron chi connectivity index (χ0n) is 13.7. The Bertz CT molecular complexity index is 466. The van der Waals surface area contributed by atoms with E-state index in [1.54, 1.807) is 0 Å². The molecule has 1 aliphatic carbocycles. The Hall–Kier alpha value is -1.09. The third kappa shape index (κ3) is 3.57. The SMILES string of the molecule is CC(C)(C)c1cncc(NC2CCN(C3CCC3)CC2)c1. The minimum atomic E-state index is 0.165. The van der Waals surface area contributed by atoms with Crippen molar-refractivity contribution in [3.8, 4) is 0 Å². The molecule has 3 nitrogen and oxygen atoms in total. The second-order valence-corrected chi connectivity index (χ2v) is 7.75. The smallest absolute Gasteiger partial charge is 0.0531 e. The lowest BCUT2D eigenvalue weighted by Crippen LogP contribution is -2.47. The van der Waals surface area contributed by atoms with Gasteiger partial charge in [-0.05, 0) is 42.7 Å². The molecule has 1 aromatic heterocycles. The number of piperidine rings is 1. The molecule has 2 heterocycles. The summed E-state index contributed by atoms with van der Waals surface area (Å²) in [7, 11) is 0. The molecular formula is C18H29N3. The highest BCUT2D eigenvalue weighted by molar-refractivity contribution is 5.45. The fourth-order valence-corrected chi connectivity index (χ4v) is 3.33. The van der Waals surface area contributed by atoms with Crippen molar-refractivity contribution in [1.82, 2.24) is 9.88 Å².